The molecule has 92 valence electrons. The van der Waals surface area contributed by atoms with Crippen LogP contribution in [-0.2, 0) is 4.79 Å². The van der Waals surface area contributed by atoms with Crippen LogP contribution in [0.1, 0.15) is 38.2 Å². The summed E-state index contributed by atoms with van der Waals surface area (Å²) in [4.78, 5) is 27.5. The third-order valence-electron chi connectivity index (χ3n) is 2.51. The largest absolute Gasteiger partial charge is 0.298 e. The minimum absolute atomic E-state index is 0.122. The number of hydrogen-bond donors (Lipinski definition) is 0. The predicted molar refractivity (Wildman–Crippen MR) is 62.2 cm³/mol. The van der Waals surface area contributed by atoms with Crippen LogP contribution in [0.5, 0.6) is 0 Å². The molecular formula is C13H16FNO2. The molecule has 0 aromatic carbocycles. The molecular weight excluding hydrogens is 221 g/mol. The van der Waals surface area contributed by atoms with Crippen molar-refractivity contribution in [3.8, 4) is 0 Å². The summed E-state index contributed by atoms with van der Waals surface area (Å²) in [6.07, 6.45) is 0.974. The Balaban J connectivity index is 2.91. The molecule has 0 saturated heterocycles. The quantitative estimate of drug-likeness (QED) is 0.599. The lowest BCUT2D eigenvalue weighted by atomic mass is 9.81. The van der Waals surface area contributed by atoms with Crippen LogP contribution in [0.25, 0.3) is 0 Å². The average molecular weight is 237 g/mol. The Morgan fingerprint density at radius 2 is 1.88 bits per heavy atom. The first-order valence-corrected chi connectivity index (χ1v) is 5.43. The van der Waals surface area contributed by atoms with E-state index in [0.29, 0.717) is 0 Å². The predicted octanol–water partition coefficient (Wildman–Crippen LogP) is 2.65. The molecule has 1 aromatic heterocycles. The summed E-state index contributed by atoms with van der Waals surface area (Å²) in [6, 6.07) is 2.46. The summed E-state index contributed by atoms with van der Waals surface area (Å²) in [7, 11) is 0. The maximum absolute atomic E-state index is 12.7. The van der Waals surface area contributed by atoms with Crippen molar-refractivity contribution in [3.63, 3.8) is 0 Å². The molecule has 0 radical (unpaired) electrons. The molecule has 0 saturated carbocycles. The molecule has 0 fully saturated rings. The molecule has 0 spiro atoms. The van der Waals surface area contributed by atoms with Gasteiger partial charge in [-0.15, -0.1) is 0 Å². The molecule has 3 nitrogen and oxygen atoms in total. The first-order valence-electron chi connectivity index (χ1n) is 5.43. The van der Waals surface area contributed by atoms with Crippen molar-refractivity contribution in [2.45, 2.75) is 27.7 Å². The number of carbonyl (C=O) groups is 2. The molecule has 0 aliphatic rings. The van der Waals surface area contributed by atoms with E-state index in [4.69, 9.17) is 0 Å². The Morgan fingerprint density at radius 3 is 2.29 bits per heavy atom. The fraction of sp³-hybridized carbons (Fsp3) is 0.462. The van der Waals surface area contributed by atoms with Crippen LogP contribution in [0.15, 0.2) is 18.3 Å². The van der Waals surface area contributed by atoms with Crippen molar-refractivity contribution in [1.29, 1.82) is 0 Å². The lowest BCUT2D eigenvalue weighted by Crippen LogP contribution is -2.32. The second-order valence-electron chi connectivity index (χ2n) is 5.06. The van der Waals surface area contributed by atoms with Gasteiger partial charge in [0.05, 0.1) is 12.1 Å². The van der Waals surface area contributed by atoms with Crippen LogP contribution in [0, 0.1) is 17.2 Å². The number of pyridine rings is 1. The maximum atomic E-state index is 12.7. The summed E-state index contributed by atoms with van der Waals surface area (Å²) in [5.41, 5.74) is -0.453. The van der Waals surface area contributed by atoms with Crippen LogP contribution < -0.4 is 0 Å². The van der Waals surface area contributed by atoms with Crippen molar-refractivity contribution >= 4 is 11.6 Å². The SMILES string of the molecule is CC(C(=O)c1ccc(F)cn1)C(=O)C(C)(C)C. The molecule has 1 heterocycles. The molecule has 1 rings (SSSR count). The number of aromatic nitrogens is 1. The lowest BCUT2D eigenvalue weighted by molar-refractivity contribution is -0.128. The van der Waals surface area contributed by atoms with Gasteiger partial charge in [0, 0.05) is 5.41 Å². The zero-order valence-electron chi connectivity index (χ0n) is 10.5. The molecule has 0 amide bonds. The third kappa shape index (κ3) is 3.19. The van der Waals surface area contributed by atoms with Crippen LogP contribution in [-0.4, -0.2) is 16.6 Å². The number of ketones is 2. The van der Waals surface area contributed by atoms with Gasteiger partial charge in [0.1, 0.15) is 17.3 Å². The minimum Gasteiger partial charge on any atom is -0.298 e. The molecule has 0 N–H and O–H groups in total. The first kappa shape index (κ1) is 13.5. The van der Waals surface area contributed by atoms with E-state index < -0.39 is 17.2 Å². The molecule has 0 aliphatic carbocycles. The second-order valence-corrected chi connectivity index (χ2v) is 5.06. The van der Waals surface area contributed by atoms with Gasteiger partial charge in [-0.3, -0.25) is 14.6 Å². The third-order valence-corrected chi connectivity index (χ3v) is 2.51. The Morgan fingerprint density at radius 1 is 1.29 bits per heavy atom. The van der Waals surface area contributed by atoms with E-state index in [9.17, 15) is 14.0 Å². The van der Waals surface area contributed by atoms with Gasteiger partial charge in [0.2, 0.25) is 0 Å². The Kier molecular flexibility index (Phi) is 3.76. The second kappa shape index (κ2) is 4.73. The first-order chi connectivity index (χ1) is 7.73. The summed E-state index contributed by atoms with van der Waals surface area (Å²) in [6.45, 7) is 6.84. The Labute approximate surface area is 100 Å². The summed E-state index contributed by atoms with van der Waals surface area (Å²) < 4.78 is 12.7. The number of nitrogens with zero attached hydrogens (tertiary/aromatic N) is 1. The highest BCUT2D eigenvalue weighted by Gasteiger charge is 2.32. The standard InChI is InChI=1S/C13H16FNO2/c1-8(12(17)13(2,3)4)11(16)10-6-5-9(14)7-15-10/h5-8H,1-4H3. The zero-order chi connectivity index (χ0) is 13.2. The van der Waals surface area contributed by atoms with E-state index in [2.05, 4.69) is 4.98 Å². The lowest BCUT2D eigenvalue weighted by Gasteiger charge is -2.20. The van der Waals surface area contributed by atoms with Crippen LogP contribution in [0.4, 0.5) is 4.39 Å². The number of rotatable bonds is 3. The van der Waals surface area contributed by atoms with Gasteiger partial charge in [-0.1, -0.05) is 20.8 Å². The van der Waals surface area contributed by atoms with Gasteiger partial charge < -0.3 is 0 Å². The van der Waals surface area contributed by atoms with Gasteiger partial charge in [-0.05, 0) is 19.1 Å². The van der Waals surface area contributed by atoms with Gasteiger partial charge >= 0.3 is 0 Å². The fourth-order valence-corrected chi connectivity index (χ4v) is 1.51. The van der Waals surface area contributed by atoms with Gasteiger partial charge in [-0.25, -0.2) is 4.39 Å². The Hall–Kier alpha value is -1.58. The van der Waals surface area contributed by atoms with Crippen LogP contribution in [0.3, 0.4) is 0 Å². The number of hydrogen-bond acceptors (Lipinski definition) is 3. The van der Waals surface area contributed by atoms with Crippen molar-refractivity contribution in [2.75, 3.05) is 0 Å². The topological polar surface area (TPSA) is 47.0 Å². The summed E-state index contributed by atoms with van der Waals surface area (Å²) >= 11 is 0. The highest BCUT2D eigenvalue weighted by atomic mass is 19.1. The van der Waals surface area contributed by atoms with E-state index in [1.807, 2.05) is 0 Å². The van der Waals surface area contributed by atoms with Crippen molar-refractivity contribution < 1.29 is 14.0 Å². The van der Waals surface area contributed by atoms with Crippen LogP contribution >= 0.6 is 0 Å². The Bertz CT molecular complexity index is 432. The molecule has 1 aromatic rings. The van der Waals surface area contributed by atoms with E-state index in [0.717, 1.165) is 12.3 Å². The molecule has 4 heteroatoms. The fourth-order valence-electron chi connectivity index (χ4n) is 1.51. The summed E-state index contributed by atoms with van der Waals surface area (Å²) in [5.74, 6) is -1.78. The smallest absolute Gasteiger partial charge is 0.191 e. The van der Waals surface area contributed by atoms with E-state index in [1.54, 1.807) is 27.7 Å². The number of Topliss-reactive ketones (excluding diaryl/α,β-unsaturated/α-hetero) is 2. The maximum Gasteiger partial charge on any atom is 0.191 e. The highest BCUT2D eigenvalue weighted by Crippen LogP contribution is 2.22. The van der Waals surface area contributed by atoms with Gasteiger partial charge in [0.15, 0.2) is 5.78 Å². The zero-order valence-corrected chi connectivity index (χ0v) is 10.5. The van der Waals surface area contributed by atoms with Crippen LogP contribution in [0.2, 0.25) is 0 Å². The molecule has 1 unspecified atom stereocenters. The van der Waals surface area contributed by atoms with Crippen molar-refractivity contribution in [3.05, 3.63) is 29.8 Å². The number of halogens is 1. The molecule has 1 atom stereocenters. The minimum atomic E-state index is -0.757. The van der Waals surface area contributed by atoms with Gasteiger partial charge in [-0.2, -0.15) is 0 Å². The van der Waals surface area contributed by atoms with Crippen molar-refractivity contribution in [2.24, 2.45) is 11.3 Å². The number of carbonyl (C=O) groups excluding carboxylic acids is 2. The van der Waals surface area contributed by atoms with E-state index in [1.165, 1.54) is 6.07 Å². The van der Waals surface area contributed by atoms with E-state index in [-0.39, 0.29) is 17.3 Å². The normalized spacial score (nSPS) is 13.2. The summed E-state index contributed by atoms with van der Waals surface area (Å²) in [5, 5.41) is 0. The highest BCUT2D eigenvalue weighted by molar-refractivity contribution is 6.10. The van der Waals surface area contributed by atoms with E-state index >= 15 is 0 Å². The molecule has 0 aliphatic heterocycles. The van der Waals surface area contributed by atoms with Gasteiger partial charge in [0.25, 0.3) is 0 Å². The van der Waals surface area contributed by atoms with Crippen molar-refractivity contribution in [1.82, 2.24) is 4.98 Å². The molecule has 0 bridgehead atoms. The average Bonchev–Trinajstić information content (AvgIpc) is 2.26. The molecule has 17 heavy (non-hydrogen) atoms. The monoisotopic (exact) mass is 237 g/mol.